The van der Waals surface area contributed by atoms with Crippen LogP contribution in [-0.4, -0.2) is 9.67 Å². The molecule has 0 saturated heterocycles. The molecule has 2 aromatic rings. The van der Waals surface area contributed by atoms with Gasteiger partial charge in [-0.25, -0.2) is 0 Å². The molecule has 0 aliphatic rings. The van der Waals surface area contributed by atoms with E-state index in [0.717, 1.165) is 12.8 Å². The Morgan fingerprint density at radius 2 is 1.95 bits per heavy atom. The maximum atomic E-state index is 12.1. The summed E-state index contributed by atoms with van der Waals surface area (Å²) in [6.45, 7) is 2.24. The van der Waals surface area contributed by atoms with Crippen molar-refractivity contribution in [3.63, 3.8) is 0 Å². The normalized spacial score (nSPS) is 10.9. The molecule has 0 radical (unpaired) electrons. The SMILES string of the molecule is Cc1cccc(CCCn2c(CO)c(Cl)cc(Cl)c2=O)c1. The van der Waals surface area contributed by atoms with E-state index < -0.39 is 0 Å². The number of aromatic nitrogens is 1. The number of benzene rings is 1. The van der Waals surface area contributed by atoms with Crippen LogP contribution < -0.4 is 5.56 Å². The van der Waals surface area contributed by atoms with Gasteiger partial charge < -0.3 is 9.67 Å². The second-order valence-electron chi connectivity index (χ2n) is 4.99. The quantitative estimate of drug-likeness (QED) is 0.912. The molecule has 112 valence electrons. The number of aryl methyl sites for hydroxylation is 2. The van der Waals surface area contributed by atoms with E-state index in [-0.39, 0.29) is 17.2 Å². The molecular weight excluding hydrogens is 309 g/mol. The summed E-state index contributed by atoms with van der Waals surface area (Å²) in [6, 6.07) is 9.64. The summed E-state index contributed by atoms with van der Waals surface area (Å²) < 4.78 is 1.46. The molecule has 21 heavy (non-hydrogen) atoms. The molecule has 0 spiro atoms. The Labute approximate surface area is 133 Å². The van der Waals surface area contributed by atoms with E-state index in [1.54, 1.807) is 0 Å². The van der Waals surface area contributed by atoms with Crippen molar-refractivity contribution in [1.82, 2.24) is 4.57 Å². The highest BCUT2D eigenvalue weighted by atomic mass is 35.5. The summed E-state index contributed by atoms with van der Waals surface area (Å²) in [6.07, 6.45) is 1.62. The smallest absolute Gasteiger partial charge is 0.269 e. The lowest BCUT2D eigenvalue weighted by molar-refractivity contribution is 0.268. The van der Waals surface area contributed by atoms with Crippen molar-refractivity contribution in [1.29, 1.82) is 0 Å². The average Bonchev–Trinajstić information content (AvgIpc) is 2.44. The molecule has 1 N–H and O–H groups in total. The van der Waals surface area contributed by atoms with Crippen LogP contribution in [0.4, 0.5) is 0 Å². The summed E-state index contributed by atoms with van der Waals surface area (Å²) in [5, 5.41) is 9.77. The Kier molecular flexibility index (Phi) is 5.45. The van der Waals surface area contributed by atoms with E-state index in [9.17, 15) is 9.90 Å². The van der Waals surface area contributed by atoms with Crippen LogP contribution >= 0.6 is 23.2 Å². The van der Waals surface area contributed by atoms with Crippen molar-refractivity contribution in [3.05, 3.63) is 67.6 Å². The van der Waals surface area contributed by atoms with E-state index in [0.29, 0.717) is 17.3 Å². The molecule has 0 unspecified atom stereocenters. The molecule has 1 aromatic heterocycles. The first kappa shape index (κ1) is 16.1. The monoisotopic (exact) mass is 325 g/mol. The highest BCUT2D eigenvalue weighted by molar-refractivity contribution is 6.34. The van der Waals surface area contributed by atoms with Crippen LogP contribution in [0.15, 0.2) is 35.1 Å². The number of halogens is 2. The first-order valence-corrected chi connectivity index (χ1v) is 7.52. The van der Waals surface area contributed by atoms with Crippen LogP contribution in [0.1, 0.15) is 23.2 Å². The fourth-order valence-corrected chi connectivity index (χ4v) is 2.88. The van der Waals surface area contributed by atoms with Crippen LogP contribution in [0.2, 0.25) is 10.0 Å². The van der Waals surface area contributed by atoms with Crippen LogP contribution in [-0.2, 0) is 19.6 Å². The van der Waals surface area contributed by atoms with Crippen LogP contribution in [0.25, 0.3) is 0 Å². The maximum absolute atomic E-state index is 12.1. The van der Waals surface area contributed by atoms with E-state index >= 15 is 0 Å². The van der Waals surface area contributed by atoms with Crippen molar-refractivity contribution < 1.29 is 5.11 Å². The Bertz CT molecular complexity index is 695. The molecule has 0 aliphatic heterocycles. The van der Waals surface area contributed by atoms with Gasteiger partial charge in [-0.2, -0.15) is 0 Å². The molecule has 0 fully saturated rings. The van der Waals surface area contributed by atoms with Gasteiger partial charge in [0.15, 0.2) is 0 Å². The molecule has 0 bridgehead atoms. The molecule has 2 rings (SSSR count). The summed E-state index contributed by atoms with van der Waals surface area (Å²) in [4.78, 5) is 12.1. The van der Waals surface area contributed by atoms with E-state index in [1.165, 1.54) is 21.8 Å². The molecule has 0 aliphatic carbocycles. The number of nitrogens with zero attached hydrogens (tertiary/aromatic N) is 1. The van der Waals surface area contributed by atoms with Gasteiger partial charge in [-0.05, 0) is 31.4 Å². The summed E-state index contributed by atoms with van der Waals surface area (Å²) in [7, 11) is 0. The molecule has 0 atom stereocenters. The summed E-state index contributed by atoms with van der Waals surface area (Å²) >= 11 is 11.9. The topological polar surface area (TPSA) is 42.2 Å². The molecular formula is C16H17Cl2NO2. The zero-order valence-electron chi connectivity index (χ0n) is 11.8. The van der Waals surface area contributed by atoms with Crippen molar-refractivity contribution in [2.75, 3.05) is 0 Å². The standard InChI is InChI=1S/C16H17Cl2NO2/c1-11-4-2-5-12(8-11)6-3-7-19-15(10-20)13(17)9-14(18)16(19)21/h2,4-5,8-9,20H,3,6-7,10H2,1H3. The molecule has 3 nitrogen and oxygen atoms in total. The number of aliphatic hydroxyl groups is 1. The van der Waals surface area contributed by atoms with Crippen molar-refractivity contribution in [2.45, 2.75) is 32.9 Å². The highest BCUT2D eigenvalue weighted by Gasteiger charge is 2.11. The zero-order valence-corrected chi connectivity index (χ0v) is 13.3. The lowest BCUT2D eigenvalue weighted by atomic mass is 10.1. The van der Waals surface area contributed by atoms with Gasteiger partial charge in [0.05, 0.1) is 17.3 Å². The summed E-state index contributed by atoms with van der Waals surface area (Å²) in [5.74, 6) is 0. The molecule has 0 saturated carbocycles. The number of hydrogen-bond donors (Lipinski definition) is 1. The van der Waals surface area contributed by atoms with E-state index in [1.807, 2.05) is 6.07 Å². The van der Waals surface area contributed by atoms with Gasteiger partial charge in [-0.3, -0.25) is 4.79 Å². The fraction of sp³-hybridized carbons (Fsp3) is 0.312. The Hall–Kier alpha value is -1.29. The lowest BCUT2D eigenvalue weighted by Crippen LogP contribution is -2.24. The highest BCUT2D eigenvalue weighted by Crippen LogP contribution is 2.18. The third-order valence-electron chi connectivity index (χ3n) is 3.38. The largest absolute Gasteiger partial charge is 0.390 e. The minimum absolute atomic E-state index is 0.0766. The predicted molar refractivity (Wildman–Crippen MR) is 86.1 cm³/mol. The van der Waals surface area contributed by atoms with Crippen molar-refractivity contribution >= 4 is 23.2 Å². The third kappa shape index (κ3) is 3.88. The van der Waals surface area contributed by atoms with Crippen LogP contribution in [0.3, 0.4) is 0 Å². The van der Waals surface area contributed by atoms with E-state index in [2.05, 4.69) is 25.1 Å². The number of hydrogen-bond acceptors (Lipinski definition) is 2. The second kappa shape index (κ2) is 7.12. The first-order chi connectivity index (χ1) is 10.0. The summed E-state index contributed by atoms with van der Waals surface area (Å²) in [5.41, 5.74) is 2.54. The Balaban J connectivity index is 2.15. The molecule has 5 heteroatoms. The van der Waals surface area contributed by atoms with Gasteiger partial charge >= 0.3 is 0 Å². The fourth-order valence-electron chi connectivity index (χ4n) is 2.34. The lowest BCUT2D eigenvalue weighted by Gasteiger charge is -2.13. The number of aliphatic hydroxyl groups excluding tert-OH is 1. The zero-order chi connectivity index (χ0) is 15.4. The van der Waals surface area contributed by atoms with Gasteiger partial charge in [-0.15, -0.1) is 0 Å². The van der Waals surface area contributed by atoms with Crippen LogP contribution in [0.5, 0.6) is 0 Å². The molecule has 1 aromatic carbocycles. The van der Waals surface area contributed by atoms with Gasteiger partial charge in [0.2, 0.25) is 0 Å². The second-order valence-corrected chi connectivity index (χ2v) is 5.81. The number of rotatable bonds is 5. The average molecular weight is 326 g/mol. The minimum Gasteiger partial charge on any atom is -0.390 e. The Morgan fingerprint density at radius 1 is 1.19 bits per heavy atom. The molecule has 0 amide bonds. The van der Waals surface area contributed by atoms with Crippen molar-refractivity contribution in [3.8, 4) is 0 Å². The van der Waals surface area contributed by atoms with E-state index in [4.69, 9.17) is 23.2 Å². The minimum atomic E-state index is -0.311. The number of pyridine rings is 1. The van der Waals surface area contributed by atoms with Gasteiger partial charge in [0.25, 0.3) is 5.56 Å². The van der Waals surface area contributed by atoms with Gasteiger partial charge in [-0.1, -0.05) is 53.0 Å². The van der Waals surface area contributed by atoms with Gasteiger partial charge in [0, 0.05) is 6.54 Å². The van der Waals surface area contributed by atoms with Crippen LogP contribution in [0, 0.1) is 6.92 Å². The maximum Gasteiger partial charge on any atom is 0.269 e. The van der Waals surface area contributed by atoms with Crippen molar-refractivity contribution in [2.24, 2.45) is 0 Å². The third-order valence-corrected chi connectivity index (χ3v) is 3.98. The molecule has 1 heterocycles. The Morgan fingerprint density at radius 3 is 2.62 bits per heavy atom. The predicted octanol–water partition coefficient (Wildman–Crippen LogP) is 3.59. The van der Waals surface area contributed by atoms with Gasteiger partial charge in [0.1, 0.15) is 5.02 Å². The first-order valence-electron chi connectivity index (χ1n) is 6.77.